The third kappa shape index (κ3) is 4.39. The Bertz CT molecular complexity index is 546. The standard InChI is InChI=1S/C18H27N3O3/c1-20(8-9-21-10-13-23-14-11-21)18(22)19-16-6-4-12-24-17-7-3-2-5-15(16)17/h2-3,5,7,16H,4,6,8-14H2,1H3,(H,19,22)/t16-/m1/s1. The maximum Gasteiger partial charge on any atom is 0.317 e. The maximum atomic E-state index is 12.5. The second-order valence-electron chi connectivity index (χ2n) is 6.41. The molecule has 1 aromatic rings. The Labute approximate surface area is 143 Å². The average Bonchev–Trinajstić information content (AvgIpc) is 2.83. The summed E-state index contributed by atoms with van der Waals surface area (Å²) in [6.07, 6.45) is 1.84. The predicted octanol–water partition coefficient (Wildman–Crippen LogP) is 1.87. The number of nitrogens with zero attached hydrogens (tertiary/aromatic N) is 2. The molecule has 0 unspecified atom stereocenters. The quantitative estimate of drug-likeness (QED) is 0.914. The van der Waals surface area contributed by atoms with Crippen molar-refractivity contribution in [3.05, 3.63) is 29.8 Å². The first-order valence-electron chi connectivity index (χ1n) is 8.77. The molecule has 6 heteroatoms. The van der Waals surface area contributed by atoms with Crippen molar-refractivity contribution >= 4 is 6.03 Å². The van der Waals surface area contributed by atoms with Crippen LogP contribution in [0.5, 0.6) is 5.75 Å². The third-order valence-electron chi connectivity index (χ3n) is 4.69. The third-order valence-corrected chi connectivity index (χ3v) is 4.69. The number of carbonyl (C=O) groups excluding carboxylic acids is 1. The summed E-state index contributed by atoms with van der Waals surface area (Å²) in [6, 6.07) is 7.97. The molecule has 1 fully saturated rings. The molecule has 6 nitrogen and oxygen atoms in total. The van der Waals surface area contributed by atoms with Gasteiger partial charge in [-0.25, -0.2) is 4.79 Å². The van der Waals surface area contributed by atoms with Crippen LogP contribution in [0.4, 0.5) is 4.79 Å². The Morgan fingerprint density at radius 1 is 1.29 bits per heavy atom. The molecule has 2 amide bonds. The Morgan fingerprint density at radius 2 is 2.08 bits per heavy atom. The van der Waals surface area contributed by atoms with Crippen molar-refractivity contribution in [2.45, 2.75) is 18.9 Å². The summed E-state index contributed by atoms with van der Waals surface area (Å²) in [4.78, 5) is 16.6. The van der Waals surface area contributed by atoms with Crippen molar-refractivity contribution in [2.75, 3.05) is 53.0 Å². The van der Waals surface area contributed by atoms with Crippen LogP contribution in [0.15, 0.2) is 24.3 Å². The van der Waals surface area contributed by atoms with Gasteiger partial charge < -0.3 is 19.7 Å². The van der Waals surface area contributed by atoms with Crippen molar-refractivity contribution in [3.63, 3.8) is 0 Å². The van der Waals surface area contributed by atoms with Gasteiger partial charge in [0.25, 0.3) is 0 Å². The van der Waals surface area contributed by atoms with Crippen molar-refractivity contribution < 1.29 is 14.3 Å². The average molecular weight is 333 g/mol. The Balaban J connectivity index is 1.53. The van der Waals surface area contributed by atoms with Crippen LogP contribution in [0.1, 0.15) is 24.4 Å². The van der Waals surface area contributed by atoms with Crippen LogP contribution >= 0.6 is 0 Å². The van der Waals surface area contributed by atoms with E-state index in [9.17, 15) is 4.79 Å². The van der Waals surface area contributed by atoms with E-state index in [2.05, 4.69) is 10.2 Å². The monoisotopic (exact) mass is 333 g/mol. The molecule has 1 atom stereocenters. The maximum absolute atomic E-state index is 12.5. The molecule has 0 radical (unpaired) electrons. The first-order chi connectivity index (χ1) is 11.7. The van der Waals surface area contributed by atoms with E-state index in [1.165, 1.54) is 0 Å². The zero-order chi connectivity index (χ0) is 16.8. The second kappa shape index (κ2) is 8.35. The summed E-state index contributed by atoms with van der Waals surface area (Å²) in [5, 5.41) is 3.17. The first-order valence-corrected chi connectivity index (χ1v) is 8.77. The lowest BCUT2D eigenvalue weighted by atomic mass is 10.0. The summed E-state index contributed by atoms with van der Waals surface area (Å²) in [5.74, 6) is 0.885. The van der Waals surface area contributed by atoms with Crippen molar-refractivity contribution in [3.8, 4) is 5.75 Å². The van der Waals surface area contributed by atoms with Gasteiger partial charge in [-0.15, -0.1) is 0 Å². The van der Waals surface area contributed by atoms with Gasteiger partial charge in [-0.1, -0.05) is 18.2 Å². The molecule has 24 heavy (non-hydrogen) atoms. The van der Waals surface area contributed by atoms with E-state index in [1.807, 2.05) is 31.3 Å². The Kier molecular flexibility index (Phi) is 5.93. The highest BCUT2D eigenvalue weighted by Gasteiger charge is 2.22. The van der Waals surface area contributed by atoms with Gasteiger partial charge in [0, 0.05) is 38.8 Å². The highest BCUT2D eigenvalue weighted by atomic mass is 16.5. The molecule has 2 aliphatic rings. The number of likely N-dealkylation sites (N-methyl/N-ethyl adjacent to an activating group) is 1. The summed E-state index contributed by atoms with van der Waals surface area (Å²) < 4.78 is 11.1. The van der Waals surface area contributed by atoms with Crippen molar-refractivity contribution in [2.24, 2.45) is 0 Å². The van der Waals surface area contributed by atoms with Crippen molar-refractivity contribution in [1.29, 1.82) is 0 Å². The topological polar surface area (TPSA) is 54.0 Å². The summed E-state index contributed by atoms with van der Waals surface area (Å²) in [6.45, 7) is 5.78. The van der Waals surface area contributed by atoms with Gasteiger partial charge in [-0.05, 0) is 18.9 Å². The number of benzene rings is 1. The fourth-order valence-corrected chi connectivity index (χ4v) is 3.15. The largest absolute Gasteiger partial charge is 0.493 e. The van der Waals surface area contributed by atoms with Gasteiger partial charge in [0.2, 0.25) is 0 Å². The minimum absolute atomic E-state index is 0.0158. The lowest BCUT2D eigenvalue weighted by Crippen LogP contribution is -2.45. The molecular weight excluding hydrogens is 306 g/mol. The molecule has 3 rings (SSSR count). The number of hydrogen-bond acceptors (Lipinski definition) is 4. The number of fused-ring (bicyclic) bond motifs is 1. The Morgan fingerprint density at radius 3 is 2.92 bits per heavy atom. The van der Waals surface area contributed by atoms with Gasteiger partial charge in [-0.2, -0.15) is 0 Å². The molecule has 2 aliphatic heterocycles. The molecule has 0 saturated carbocycles. The minimum Gasteiger partial charge on any atom is -0.493 e. The lowest BCUT2D eigenvalue weighted by Gasteiger charge is -2.29. The molecular formula is C18H27N3O3. The van der Waals surface area contributed by atoms with E-state index in [1.54, 1.807) is 4.90 Å². The molecule has 0 spiro atoms. The number of ether oxygens (including phenoxy) is 2. The molecule has 1 N–H and O–H groups in total. The molecule has 132 valence electrons. The SMILES string of the molecule is CN(CCN1CCOCC1)C(=O)N[C@@H]1CCCOc2ccccc21. The van der Waals surface area contributed by atoms with E-state index < -0.39 is 0 Å². The minimum atomic E-state index is -0.0232. The van der Waals surface area contributed by atoms with Crippen LogP contribution in [0, 0.1) is 0 Å². The number of para-hydroxylation sites is 1. The normalized spacial score (nSPS) is 21.3. The van der Waals surface area contributed by atoms with Crippen LogP contribution < -0.4 is 10.1 Å². The van der Waals surface area contributed by atoms with E-state index in [0.717, 1.165) is 63.5 Å². The van der Waals surface area contributed by atoms with Crippen LogP contribution in [0.25, 0.3) is 0 Å². The van der Waals surface area contributed by atoms with Gasteiger partial charge in [0.1, 0.15) is 5.75 Å². The van der Waals surface area contributed by atoms with Crippen molar-refractivity contribution in [1.82, 2.24) is 15.1 Å². The van der Waals surface area contributed by atoms with E-state index >= 15 is 0 Å². The van der Waals surface area contributed by atoms with Crippen LogP contribution in [-0.4, -0.2) is 68.9 Å². The van der Waals surface area contributed by atoms with Gasteiger partial charge in [0.05, 0.1) is 25.9 Å². The molecule has 1 saturated heterocycles. The summed E-state index contributed by atoms with van der Waals surface area (Å²) >= 11 is 0. The number of carbonyl (C=O) groups is 1. The smallest absolute Gasteiger partial charge is 0.317 e. The number of rotatable bonds is 4. The number of morpholine rings is 1. The van der Waals surface area contributed by atoms with Crippen LogP contribution in [0.2, 0.25) is 0 Å². The van der Waals surface area contributed by atoms with Gasteiger partial charge in [0.15, 0.2) is 0 Å². The molecule has 0 bridgehead atoms. The van der Waals surface area contributed by atoms with E-state index in [-0.39, 0.29) is 12.1 Å². The molecule has 0 aromatic heterocycles. The number of nitrogens with one attached hydrogen (secondary N) is 1. The fourth-order valence-electron chi connectivity index (χ4n) is 3.15. The highest BCUT2D eigenvalue weighted by molar-refractivity contribution is 5.74. The van der Waals surface area contributed by atoms with E-state index in [0.29, 0.717) is 6.61 Å². The van der Waals surface area contributed by atoms with Gasteiger partial charge >= 0.3 is 6.03 Å². The summed E-state index contributed by atoms with van der Waals surface area (Å²) in [7, 11) is 1.86. The molecule has 1 aromatic carbocycles. The zero-order valence-electron chi connectivity index (χ0n) is 14.4. The highest BCUT2D eigenvalue weighted by Crippen LogP contribution is 2.31. The van der Waals surface area contributed by atoms with Crippen LogP contribution in [-0.2, 0) is 4.74 Å². The lowest BCUT2D eigenvalue weighted by molar-refractivity contribution is 0.0356. The number of urea groups is 1. The molecule has 2 heterocycles. The first kappa shape index (κ1) is 17.0. The molecule has 0 aliphatic carbocycles. The predicted molar refractivity (Wildman–Crippen MR) is 92.3 cm³/mol. The Hall–Kier alpha value is -1.79. The second-order valence-corrected chi connectivity index (χ2v) is 6.41. The number of amides is 2. The summed E-state index contributed by atoms with van der Waals surface area (Å²) in [5.41, 5.74) is 1.07. The zero-order valence-corrected chi connectivity index (χ0v) is 14.4. The van der Waals surface area contributed by atoms with E-state index in [4.69, 9.17) is 9.47 Å². The fraction of sp³-hybridized carbons (Fsp3) is 0.611. The number of hydrogen-bond donors (Lipinski definition) is 1. The van der Waals surface area contributed by atoms with Crippen LogP contribution in [0.3, 0.4) is 0 Å². The van der Waals surface area contributed by atoms with Gasteiger partial charge in [-0.3, -0.25) is 4.90 Å².